The zero-order chi connectivity index (χ0) is 12.3. The second kappa shape index (κ2) is 5.62. The number of anilines is 1. The van der Waals surface area contributed by atoms with Crippen LogP contribution in [0.4, 0.5) is 5.69 Å². The molecule has 1 aromatic carbocycles. The maximum atomic E-state index is 5.93. The Morgan fingerprint density at radius 2 is 2.24 bits per heavy atom. The number of benzene rings is 1. The van der Waals surface area contributed by atoms with E-state index in [-0.39, 0.29) is 0 Å². The first-order chi connectivity index (χ1) is 8.15. The van der Waals surface area contributed by atoms with Crippen LogP contribution in [0.25, 0.3) is 0 Å². The largest absolute Gasteiger partial charge is 0.398 e. The Morgan fingerprint density at radius 1 is 1.41 bits per heavy atom. The molecule has 0 saturated carbocycles. The number of rotatable bonds is 4. The van der Waals surface area contributed by atoms with Gasteiger partial charge in [-0.15, -0.1) is 11.3 Å². The van der Waals surface area contributed by atoms with E-state index < -0.39 is 0 Å². The molecule has 0 radical (unpaired) electrons. The number of nitrogens with zero attached hydrogens (tertiary/aromatic N) is 1. The highest BCUT2D eigenvalue weighted by Crippen LogP contribution is 2.18. The van der Waals surface area contributed by atoms with Crippen molar-refractivity contribution in [2.45, 2.75) is 20.0 Å². The topological polar surface area (TPSA) is 50.9 Å². The van der Waals surface area contributed by atoms with Crippen molar-refractivity contribution in [1.82, 2.24) is 10.3 Å². The summed E-state index contributed by atoms with van der Waals surface area (Å²) >= 11 is 5.11. The van der Waals surface area contributed by atoms with Gasteiger partial charge in [0.15, 0.2) is 0 Å². The number of hydrogen-bond donors (Lipinski definition) is 2. The number of halogens is 1. The van der Waals surface area contributed by atoms with Crippen molar-refractivity contribution in [1.29, 1.82) is 0 Å². The van der Waals surface area contributed by atoms with Crippen molar-refractivity contribution >= 4 is 33.0 Å². The first kappa shape index (κ1) is 12.5. The number of nitrogen functional groups attached to an aromatic ring is 1. The lowest BCUT2D eigenvalue weighted by molar-refractivity contribution is 0.701. The molecule has 0 amide bonds. The maximum Gasteiger partial charge on any atom is 0.0897 e. The molecule has 3 nitrogen and oxygen atoms in total. The van der Waals surface area contributed by atoms with Gasteiger partial charge in [0.05, 0.1) is 5.01 Å². The first-order valence-electron chi connectivity index (χ1n) is 5.31. The SMILES string of the molecule is Cc1ncc(CNCc2ccc(Br)cc2N)s1. The molecule has 1 heterocycles. The Morgan fingerprint density at radius 3 is 2.88 bits per heavy atom. The minimum atomic E-state index is 0.774. The number of nitrogens with one attached hydrogen (secondary N) is 1. The fourth-order valence-electron chi connectivity index (χ4n) is 1.53. The molecule has 5 heteroatoms. The lowest BCUT2D eigenvalue weighted by atomic mass is 10.2. The smallest absolute Gasteiger partial charge is 0.0897 e. The third kappa shape index (κ3) is 3.52. The quantitative estimate of drug-likeness (QED) is 0.853. The number of aromatic nitrogens is 1. The van der Waals surface area contributed by atoms with Crippen LogP contribution in [0.2, 0.25) is 0 Å². The zero-order valence-electron chi connectivity index (χ0n) is 9.53. The van der Waals surface area contributed by atoms with Gasteiger partial charge in [0.2, 0.25) is 0 Å². The molecular formula is C12H14BrN3S. The highest BCUT2D eigenvalue weighted by molar-refractivity contribution is 9.10. The molecule has 0 saturated heterocycles. The predicted molar refractivity (Wildman–Crippen MR) is 75.9 cm³/mol. The summed E-state index contributed by atoms with van der Waals surface area (Å²) in [5.74, 6) is 0. The van der Waals surface area contributed by atoms with Crippen LogP contribution < -0.4 is 11.1 Å². The van der Waals surface area contributed by atoms with Gasteiger partial charge in [0.1, 0.15) is 0 Å². The summed E-state index contributed by atoms with van der Waals surface area (Å²) in [7, 11) is 0. The summed E-state index contributed by atoms with van der Waals surface area (Å²) in [6.45, 7) is 3.62. The van der Waals surface area contributed by atoms with Gasteiger partial charge in [-0.3, -0.25) is 0 Å². The van der Waals surface area contributed by atoms with E-state index in [0.717, 1.165) is 33.8 Å². The van der Waals surface area contributed by atoms with Crippen LogP contribution in [0.5, 0.6) is 0 Å². The van der Waals surface area contributed by atoms with E-state index in [4.69, 9.17) is 5.73 Å². The van der Waals surface area contributed by atoms with Crippen molar-refractivity contribution in [3.05, 3.63) is 44.3 Å². The van der Waals surface area contributed by atoms with Crippen LogP contribution >= 0.6 is 27.3 Å². The summed E-state index contributed by atoms with van der Waals surface area (Å²) in [6.07, 6.45) is 1.91. The Bertz CT molecular complexity index is 510. The molecule has 0 aliphatic carbocycles. The molecule has 0 spiro atoms. The Kier molecular flexibility index (Phi) is 4.15. The average molecular weight is 312 g/mol. The first-order valence-corrected chi connectivity index (χ1v) is 6.92. The van der Waals surface area contributed by atoms with E-state index in [1.165, 1.54) is 4.88 Å². The molecule has 1 aromatic heterocycles. The van der Waals surface area contributed by atoms with Gasteiger partial charge in [0.25, 0.3) is 0 Å². The summed E-state index contributed by atoms with van der Waals surface area (Å²) in [5.41, 5.74) is 7.86. The van der Waals surface area contributed by atoms with Crippen molar-refractivity contribution in [3.63, 3.8) is 0 Å². The lowest BCUT2D eigenvalue weighted by Crippen LogP contribution is -2.13. The fourth-order valence-corrected chi connectivity index (χ4v) is 2.68. The highest BCUT2D eigenvalue weighted by Gasteiger charge is 2.01. The minimum absolute atomic E-state index is 0.774. The number of thiazole rings is 1. The summed E-state index contributed by atoms with van der Waals surface area (Å²) in [5, 5.41) is 4.47. The van der Waals surface area contributed by atoms with Crippen LogP contribution in [0.3, 0.4) is 0 Å². The van der Waals surface area contributed by atoms with Gasteiger partial charge < -0.3 is 11.1 Å². The van der Waals surface area contributed by atoms with E-state index in [0.29, 0.717) is 0 Å². The monoisotopic (exact) mass is 311 g/mol. The lowest BCUT2D eigenvalue weighted by Gasteiger charge is -2.07. The summed E-state index contributed by atoms with van der Waals surface area (Å²) < 4.78 is 1.01. The second-order valence-corrected chi connectivity index (χ2v) is 6.03. The molecule has 0 atom stereocenters. The van der Waals surface area contributed by atoms with E-state index in [2.05, 4.69) is 26.2 Å². The second-order valence-electron chi connectivity index (χ2n) is 3.79. The summed E-state index contributed by atoms with van der Waals surface area (Å²) in [4.78, 5) is 5.47. The normalized spacial score (nSPS) is 10.7. The van der Waals surface area contributed by atoms with Gasteiger partial charge in [-0.2, -0.15) is 0 Å². The number of aryl methyl sites for hydroxylation is 1. The molecule has 0 fully saturated rings. The van der Waals surface area contributed by atoms with E-state index in [9.17, 15) is 0 Å². The maximum absolute atomic E-state index is 5.93. The molecule has 0 bridgehead atoms. The number of hydrogen-bond acceptors (Lipinski definition) is 4. The fraction of sp³-hybridized carbons (Fsp3) is 0.250. The van der Waals surface area contributed by atoms with Gasteiger partial charge in [-0.1, -0.05) is 22.0 Å². The standard InChI is InChI=1S/C12H14BrN3S/c1-8-16-7-11(17-8)6-15-5-9-2-3-10(13)4-12(9)14/h2-4,7,15H,5-6,14H2,1H3. The van der Waals surface area contributed by atoms with Crippen LogP contribution in [-0.4, -0.2) is 4.98 Å². The molecule has 3 N–H and O–H groups in total. The molecule has 0 aliphatic rings. The Hall–Kier alpha value is -0.910. The number of nitrogens with two attached hydrogens (primary N) is 1. The van der Waals surface area contributed by atoms with Crippen LogP contribution in [-0.2, 0) is 13.1 Å². The molecule has 2 rings (SSSR count). The predicted octanol–water partition coefficient (Wildman–Crippen LogP) is 3.09. The summed E-state index contributed by atoms with van der Waals surface area (Å²) in [6, 6.07) is 5.96. The van der Waals surface area contributed by atoms with Gasteiger partial charge >= 0.3 is 0 Å². The van der Waals surface area contributed by atoms with Crippen molar-refractivity contribution < 1.29 is 0 Å². The van der Waals surface area contributed by atoms with Gasteiger partial charge in [-0.05, 0) is 24.6 Å². The average Bonchev–Trinajstić information content (AvgIpc) is 2.68. The van der Waals surface area contributed by atoms with E-state index in [1.807, 2.05) is 31.3 Å². The van der Waals surface area contributed by atoms with E-state index in [1.54, 1.807) is 11.3 Å². The molecule has 90 valence electrons. The molecule has 0 unspecified atom stereocenters. The van der Waals surface area contributed by atoms with Crippen molar-refractivity contribution in [3.8, 4) is 0 Å². The van der Waals surface area contributed by atoms with Crippen LogP contribution in [0.1, 0.15) is 15.4 Å². The van der Waals surface area contributed by atoms with Crippen LogP contribution in [0.15, 0.2) is 28.9 Å². The zero-order valence-corrected chi connectivity index (χ0v) is 11.9. The molecule has 17 heavy (non-hydrogen) atoms. The van der Waals surface area contributed by atoms with E-state index >= 15 is 0 Å². The minimum Gasteiger partial charge on any atom is -0.398 e. The van der Waals surface area contributed by atoms with Gasteiger partial charge in [0, 0.05) is 34.3 Å². The third-order valence-electron chi connectivity index (χ3n) is 2.39. The van der Waals surface area contributed by atoms with Crippen LogP contribution in [0, 0.1) is 6.92 Å². The van der Waals surface area contributed by atoms with Crippen molar-refractivity contribution in [2.75, 3.05) is 5.73 Å². The molecule has 2 aromatic rings. The van der Waals surface area contributed by atoms with Crippen molar-refractivity contribution in [2.24, 2.45) is 0 Å². The highest BCUT2D eigenvalue weighted by atomic mass is 79.9. The van der Waals surface area contributed by atoms with Gasteiger partial charge in [-0.25, -0.2) is 4.98 Å². The Balaban J connectivity index is 1.90. The third-order valence-corrected chi connectivity index (χ3v) is 3.80. The molecular weight excluding hydrogens is 298 g/mol. The Labute approximate surface area is 113 Å². The molecule has 0 aliphatic heterocycles.